The first-order chi connectivity index (χ1) is 8.10. The van der Waals surface area contributed by atoms with E-state index >= 15 is 0 Å². The first-order valence-corrected chi connectivity index (χ1v) is 6.02. The standard InChI is InChI=1S/C13H22N2O2/c1-3-4-7-15(2)12(9-14)11-6-5-10(16)8-13(11)17/h5-6,8,12,16-17H,3-4,7,9,14H2,1-2H3. The summed E-state index contributed by atoms with van der Waals surface area (Å²) in [4.78, 5) is 2.13. The van der Waals surface area contributed by atoms with Crippen molar-refractivity contribution < 1.29 is 10.2 Å². The molecule has 1 unspecified atom stereocenters. The van der Waals surface area contributed by atoms with Gasteiger partial charge in [-0.2, -0.15) is 0 Å². The molecule has 17 heavy (non-hydrogen) atoms. The summed E-state index contributed by atoms with van der Waals surface area (Å²) in [6, 6.07) is 4.64. The van der Waals surface area contributed by atoms with Gasteiger partial charge in [0.25, 0.3) is 0 Å². The summed E-state index contributed by atoms with van der Waals surface area (Å²) >= 11 is 0. The van der Waals surface area contributed by atoms with Crippen LogP contribution in [0.1, 0.15) is 31.4 Å². The average Bonchev–Trinajstić information content (AvgIpc) is 2.30. The molecule has 0 fully saturated rings. The predicted octanol–water partition coefficient (Wildman–Crippen LogP) is 1.83. The Morgan fingerprint density at radius 2 is 2.06 bits per heavy atom. The third-order valence-corrected chi connectivity index (χ3v) is 2.99. The van der Waals surface area contributed by atoms with Crippen LogP contribution in [-0.2, 0) is 0 Å². The molecule has 1 aromatic carbocycles. The number of nitrogens with zero attached hydrogens (tertiary/aromatic N) is 1. The molecule has 1 aromatic rings. The largest absolute Gasteiger partial charge is 0.508 e. The lowest BCUT2D eigenvalue weighted by Gasteiger charge is -2.27. The molecular formula is C13H22N2O2. The molecule has 0 spiro atoms. The molecule has 0 bridgehead atoms. The van der Waals surface area contributed by atoms with Crippen LogP contribution in [0.4, 0.5) is 0 Å². The zero-order valence-corrected chi connectivity index (χ0v) is 10.6. The molecule has 4 heteroatoms. The Bertz CT molecular complexity index is 355. The van der Waals surface area contributed by atoms with E-state index in [9.17, 15) is 10.2 Å². The number of unbranched alkanes of at least 4 members (excludes halogenated alkanes) is 1. The predicted molar refractivity (Wildman–Crippen MR) is 69.1 cm³/mol. The van der Waals surface area contributed by atoms with Gasteiger partial charge in [0.1, 0.15) is 11.5 Å². The van der Waals surface area contributed by atoms with Gasteiger partial charge in [0.05, 0.1) is 6.04 Å². The number of phenols is 2. The van der Waals surface area contributed by atoms with Crippen LogP contribution in [0, 0.1) is 0 Å². The van der Waals surface area contributed by atoms with Gasteiger partial charge in [-0.3, -0.25) is 4.90 Å². The minimum Gasteiger partial charge on any atom is -0.508 e. The molecule has 0 aromatic heterocycles. The van der Waals surface area contributed by atoms with E-state index in [0.29, 0.717) is 6.54 Å². The minimum atomic E-state index is -0.0119. The second kappa shape index (κ2) is 6.47. The lowest BCUT2D eigenvalue weighted by molar-refractivity contribution is 0.241. The van der Waals surface area contributed by atoms with E-state index in [0.717, 1.165) is 24.9 Å². The van der Waals surface area contributed by atoms with Crippen LogP contribution in [0.3, 0.4) is 0 Å². The van der Waals surface area contributed by atoms with Crippen LogP contribution in [0.2, 0.25) is 0 Å². The fourth-order valence-corrected chi connectivity index (χ4v) is 1.92. The highest BCUT2D eigenvalue weighted by Crippen LogP contribution is 2.30. The highest BCUT2D eigenvalue weighted by molar-refractivity contribution is 5.41. The highest BCUT2D eigenvalue weighted by atomic mass is 16.3. The minimum absolute atomic E-state index is 0.0119. The van der Waals surface area contributed by atoms with Crippen LogP contribution < -0.4 is 5.73 Å². The van der Waals surface area contributed by atoms with E-state index in [1.807, 2.05) is 7.05 Å². The van der Waals surface area contributed by atoms with E-state index in [2.05, 4.69) is 11.8 Å². The molecule has 1 atom stereocenters. The number of hydrogen-bond donors (Lipinski definition) is 3. The van der Waals surface area contributed by atoms with Gasteiger partial charge in [-0.05, 0) is 26.1 Å². The zero-order valence-electron chi connectivity index (χ0n) is 10.6. The molecule has 0 saturated carbocycles. The summed E-state index contributed by atoms with van der Waals surface area (Å²) in [6.07, 6.45) is 2.23. The second-order valence-electron chi connectivity index (χ2n) is 4.33. The van der Waals surface area contributed by atoms with Crippen LogP contribution in [0.5, 0.6) is 11.5 Å². The van der Waals surface area contributed by atoms with E-state index < -0.39 is 0 Å². The van der Waals surface area contributed by atoms with Crippen molar-refractivity contribution >= 4 is 0 Å². The zero-order chi connectivity index (χ0) is 12.8. The molecule has 0 aliphatic heterocycles. The lowest BCUT2D eigenvalue weighted by atomic mass is 10.0. The number of nitrogens with two attached hydrogens (primary N) is 1. The number of benzene rings is 1. The van der Waals surface area contributed by atoms with Crippen LogP contribution in [0.15, 0.2) is 18.2 Å². The molecule has 0 amide bonds. The van der Waals surface area contributed by atoms with Gasteiger partial charge >= 0.3 is 0 Å². The summed E-state index contributed by atoms with van der Waals surface area (Å²) in [5.41, 5.74) is 6.54. The van der Waals surface area contributed by atoms with E-state index in [-0.39, 0.29) is 17.5 Å². The number of likely N-dealkylation sites (N-methyl/N-ethyl adjacent to an activating group) is 1. The molecule has 0 radical (unpaired) electrons. The summed E-state index contributed by atoms with van der Waals surface area (Å²) in [6.45, 7) is 3.53. The Morgan fingerprint density at radius 3 is 2.59 bits per heavy atom. The highest BCUT2D eigenvalue weighted by Gasteiger charge is 2.18. The Labute approximate surface area is 103 Å². The molecule has 1 rings (SSSR count). The maximum Gasteiger partial charge on any atom is 0.124 e. The van der Waals surface area contributed by atoms with Gasteiger partial charge in [0.2, 0.25) is 0 Å². The number of phenolic OH excluding ortho intramolecular Hbond substituents is 2. The van der Waals surface area contributed by atoms with Crippen molar-refractivity contribution in [3.63, 3.8) is 0 Å². The second-order valence-corrected chi connectivity index (χ2v) is 4.33. The molecule has 4 nitrogen and oxygen atoms in total. The SMILES string of the molecule is CCCCN(C)C(CN)c1ccc(O)cc1O. The van der Waals surface area contributed by atoms with Gasteiger partial charge in [-0.25, -0.2) is 0 Å². The van der Waals surface area contributed by atoms with E-state index in [4.69, 9.17) is 5.73 Å². The molecule has 4 N–H and O–H groups in total. The third-order valence-electron chi connectivity index (χ3n) is 2.99. The van der Waals surface area contributed by atoms with Crippen molar-refractivity contribution in [2.24, 2.45) is 5.73 Å². The van der Waals surface area contributed by atoms with Crippen LogP contribution in [-0.4, -0.2) is 35.3 Å². The van der Waals surface area contributed by atoms with Crippen molar-refractivity contribution in [3.05, 3.63) is 23.8 Å². The monoisotopic (exact) mass is 238 g/mol. The van der Waals surface area contributed by atoms with Crippen molar-refractivity contribution in [2.45, 2.75) is 25.8 Å². The summed E-state index contributed by atoms with van der Waals surface area (Å²) in [5, 5.41) is 19.1. The Balaban J connectivity index is 2.85. The summed E-state index contributed by atoms with van der Waals surface area (Å²) in [5.74, 6) is 0.169. The van der Waals surface area contributed by atoms with Crippen molar-refractivity contribution in [3.8, 4) is 11.5 Å². The summed E-state index contributed by atoms with van der Waals surface area (Å²) in [7, 11) is 2.00. The number of rotatable bonds is 6. The smallest absolute Gasteiger partial charge is 0.124 e. The van der Waals surface area contributed by atoms with Gasteiger partial charge in [-0.1, -0.05) is 19.4 Å². The van der Waals surface area contributed by atoms with Crippen molar-refractivity contribution in [2.75, 3.05) is 20.1 Å². The van der Waals surface area contributed by atoms with Crippen molar-refractivity contribution in [1.82, 2.24) is 4.90 Å². The maximum absolute atomic E-state index is 9.82. The fourth-order valence-electron chi connectivity index (χ4n) is 1.92. The van der Waals surface area contributed by atoms with E-state index in [1.54, 1.807) is 12.1 Å². The van der Waals surface area contributed by atoms with E-state index in [1.165, 1.54) is 6.07 Å². The fraction of sp³-hybridized carbons (Fsp3) is 0.538. The number of aromatic hydroxyl groups is 2. The Kier molecular flexibility index (Phi) is 5.25. The van der Waals surface area contributed by atoms with Gasteiger partial charge in [-0.15, -0.1) is 0 Å². The third kappa shape index (κ3) is 3.61. The van der Waals surface area contributed by atoms with Crippen LogP contribution >= 0.6 is 0 Å². The lowest BCUT2D eigenvalue weighted by Crippen LogP contribution is -2.31. The molecule has 0 aliphatic carbocycles. The average molecular weight is 238 g/mol. The first-order valence-electron chi connectivity index (χ1n) is 6.02. The van der Waals surface area contributed by atoms with Crippen LogP contribution in [0.25, 0.3) is 0 Å². The molecule has 96 valence electrons. The number of hydrogen-bond acceptors (Lipinski definition) is 4. The molecular weight excluding hydrogens is 216 g/mol. The van der Waals surface area contributed by atoms with Gasteiger partial charge < -0.3 is 15.9 Å². The van der Waals surface area contributed by atoms with Gasteiger partial charge in [0, 0.05) is 18.2 Å². The first kappa shape index (κ1) is 13.8. The topological polar surface area (TPSA) is 69.7 Å². The normalized spacial score (nSPS) is 12.9. The maximum atomic E-state index is 9.82. The van der Waals surface area contributed by atoms with Gasteiger partial charge in [0.15, 0.2) is 0 Å². The summed E-state index contributed by atoms with van der Waals surface area (Å²) < 4.78 is 0. The van der Waals surface area contributed by atoms with Crippen molar-refractivity contribution in [1.29, 1.82) is 0 Å². The Morgan fingerprint density at radius 1 is 1.35 bits per heavy atom. The Hall–Kier alpha value is -1.26. The molecule has 0 aliphatic rings. The molecule has 0 saturated heterocycles. The quantitative estimate of drug-likeness (QED) is 0.707. The molecule has 0 heterocycles.